The van der Waals surface area contributed by atoms with E-state index in [-0.39, 0.29) is 31.2 Å². The zero-order valence-corrected chi connectivity index (χ0v) is 11.1. The maximum absolute atomic E-state index is 11.8. The summed E-state index contributed by atoms with van der Waals surface area (Å²) in [6, 6.07) is 18.4. The van der Waals surface area contributed by atoms with Gasteiger partial charge in [-0.25, -0.2) is 0 Å². The van der Waals surface area contributed by atoms with Crippen molar-refractivity contribution >= 4 is 11.8 Å². The minimum absolute atomic E-state index is 0.0396. The fourth-order valence-corrected chi connectivity index (χ4v) is 1.79. The van der Waals surface area contributed by atoms with Crippen molar-refractivity contribution in [1.29, 1.82) is 0 Å². The number of ether oxygens (including phenoxy) is 1. The van der Waals surface area contributed by atoms with Crippen molar-refractivity contribution < 1.29 is 14.3 Å². The van der Waals surface area contributed by atoms with E-state index in [9.17, 15) is 9.59 Å². The van der Waals surface area contributed by atoms with Crippen LogP contribution in [0.5, 0.6) is 0 Å². The first kappa shape index (κ1) is 14.0. The minimum atomic E-state index is -0.349. The van der Waals surface area contributed by atoms with Crippen molar-refractivity contribution in [3.63, 3.8) is 0 Å². The minimum Gasteiger partial charge on any atom is -0.461 e. The van der Waals surface area contributed by atoms with Crippen molar-refractivity contribution in [3.8, 4) is 0 Å². The van der Waals surface area contributed by atoms with Crippen LogP contribution < -0.4 is 0 Å². The number of ketones is 1. The summed E-state index contributed by atoms with van der Waals surface area (Å²) < 4.78 is 5.12. The predicted molar refractivity (Wildman–Crippen MR) is 76.2 cm³/mol. The summed E-state index contributed by atoms with van der Waals surface area (Å²) in [5.74, 6) is -0.389. The van der Waals surface area contributed by atoms with E-state index >= 15 is 0 Å². The Morgan fingerprint density at radius 2 is 1.40 bits per heavy atom. The molecule has 0 atom stereocenters. The lowest BCUT2D eigenvalue weighted by Crippen LogP contribution is -2.08. The van der Waals surface area contributed by atoms with E-state index in [4.69, 9.17) is 4.74 Å². The molecule has 0 radical (unpaired) electrons. The van der Waals surface area contributed by atoms with Crippen LogP contribution in [0.15, 0.2) is 60.7 Å². The summed E-state index contributed by atoms with van der Waals surface area (Å²) in [5, 5.41) is 0. The van der Waals surface area contributed by atoms with Gasteiger partial charge in [-0.15, -0.1) is 0 Å². The Labute approximate surface area is 118 Å². The van der Waals surface area contributed by atoms with Gasteiger partial charge in [-0.1, -0.05) is 60.7 Å². The Balaban J connectivity index is 1.74. The van der Waals surface area contributed by atoms with Gasteiger partial charge in [0.25, 0.3) is 0 Å². The topological polar surface area (TPSA) is 43.4 Å². The van der Waals surface area contributed by atoms with Crippen LogP contribution in [0.1, 0.15) is 28.8 Å². The molecular formula is C17H16O3. The maximum atomic E-state index is 11.8. The van der Waals surface area contributed by atoms with E-state index in [0.717, 1.165) is 5.56 Å². The van der Waals surface area contributed by atoms with Gasteiger partial charge in [0.2, 0.25) is 0 Å². The van der Waals surface area contributed by atoms with Gasteiger partial charge in [0.15, 0.2) is 5.78 Å². The quantitative estimate of drug-likeness (QED) is 0.595. The largest absolute Gasteiger partial charge is 0.461 e. The molecule has 0 aliphatic rings. The van der Waals surface area contributed by atoms with Gasteiger partial charge in [-0.3, -0.25) is 9.59 Å². The first-order valence-electron chi connectivity index (χ1n) is 6.53. The molecule has 2 rings (SSSR count). The Hall–Kier alpha value is -2.42. The summed E-state index contributed by atoms with van der Waals surface area (Å²) in [5.41, 5.74) is 1.57. The Morgan fingerprint density at radius 3 is 2.05 bits per heavy atom. The van der Waals surface area contributed by atoms with Crippen LogP contribution in [-0.4, -0.2) is 11.8 Å². The van der Waals surface area contributed by atoms with E-state index in [2.05, 4.69) is 0 Å². The second kappa shape index (κ2) is 7.24. The molecule has 0 spiro atoms. The van der Waals surface area contributed by atoms with Crippen LogP contribution in [0.3, 0.4) is 0 Å². The van der Waals surface area contributed by atoms with Crippen LogP contribution in [0.25, 0.3) is 0 Å². The van der Waals surface area contributed by atoms with Crippen LogP contribution in [0, 0.1) is 0 Å². The number of rotatable bonds is 6. The van der Waals surface area contributed by atoms with Gasteiger partial charge in [0, 0.05) is 12.0 Å². The molecule has 0 bridgehead atoms. The molecule has 0 saturated heterocycles. The fourth-order valence-electron chi connectivity index (χ4n) is 1.79. The number of Topliss-reactive ketones (excluding diaryl/α,β-unsaturated/α-hetero) is 1. The average molecular weight is 268 g/mol. The highest BCUT2D eigenvalue weighted by molar-refractivity contribution is 5.97. The highest BCUT2D eigenvalue weighted by Gasteiger charge is 2.09. The molecule has 0 aromatic heterocycles. The van der Waals surface area contributed by atoms with Crippen molar-refractivity contribution in [2.24, 2.45) is 0 Å². The number of benzene rings is 2. The number of hydrogen-bond acceptors (Lipinski definition) is 3. The lowest BCUT2D eigenvalue weighted by Gasteiger charge is -2.04. The molecule has 3 heteroatoms. The molecule has 2 aromatic rings. The molecule has 0 heterocycles. The van der Waals surface area contributed by atoms with E-state index in [0.29, 0.717) is 5.56 Å². The lowest BCUT2D eigenvalue weighted by atomic mass is 10.1. The van der Waals surface area contributed by atoms with Crippen LogP contribution in [-0.2, 0) is 16.1 Å². The van der Waals surface area contributed by atoms with E-state index in [1.54, 1.807) is 24.3 Å². The van der Waals surface area contributed by atoms with Crippen molar-refractivity contribution in [3.05, 3.63) is 71.8 Å². The summed E-state index contributed by atoms with van der Waals surface area (Å²) in [6.07, 6.45) is 0.290. The molecule has 2 aromatic carbocycles. The van der Waals surface area contributed by atoms with Crippen molar-refractivity contribution in [1.82, 2.24) is 0 Å². The molecule has 0 fully saturated rings. The third-order valence-electron chi connectivity index (χ3n) is 2.89. The van der Waals surface area contributed by atoms with Crippen LogP contribution >= 0.6 is 0 Å². The standard InChI is InChI=1S/C17H16O3/c18-16(15-9-5-2-6-10-15)11-12-17(19)20-13-14-7-3-1-4-8-14/h1-10H,11-13H2. The zero-order chi connectivity index (χ0) is 14.2. The van der Waals surface area contributed by atoms with Gasteiger partial charge in [0.05, 0.1) is 6.42 Å². The van der Waals surface area contributed by atoms with E-state index in [1.165, 1.54) is 0 Å². The van der Waals surface area contributed by atoms with Gasteiger partial charge in [-0.05, 0) is 5.56 Å². The molecular weight excluding hydrogens is 252 g/mol. The Kier molecular flexibility index (Phi) is 5.07. The van der Waals surface area contributed by atoms with Crippen LogP contribution in [0.2, 0.25) is 0 Å². The first-order chi connectivity index (χ1) is 9.75. The highest BCUT2D eigenvalue weighted by atomic mass is 16.5. The van der Waals surface area contributed by atoms with Crippen molar-refractivity contribution in [2.45, 2.75) is 19.4 Å². The third kappa shape index (κ3) is 4.35. The highest BCUT2D eigenvalue weighted by Crippen LogP contribution is 2.07. The summed E-state index contributed by atoms with van der Waals surface area (Å²) in [4.78, 5) is 23.4. The first-order valence-corrected chi connectivity index (χ1v) is 6.53. The molecule has 0 amide bonds. The second-order valence-electron chi connectivity index (χ2n) is 4.44. The Bertz CT molecular complexity index is 561. The van der Waals surface area contributed by atoms with Gasteiger partial charge in [0.1, 0.15) is 6.61 Å². The zero-order valence-electron chi connectivity index (χ0n) is 11.1. The van der Waals surface area contributed by atoms with Gasteiger partial charge < -0.3 is 4.74 Å². The molecule has 0 N–H and O–H groups in total. The molecule has 3 nitrogen and oxygen atoms in total. The Morgan fingerprint density at radius 1 is 0.800 bits per heavy atom. The summed E-state index contributed by atoms with van der Waals surface area (Å²) in [6.45, 7) is 0.249. The number of hydrogen-bond donors (Lipinski definition) is 0. The molecule has 20 heavy (non-hydrogen) atoms. The molecule has 0 unspecified atom stereocenters. The van der Waals surface area contributed by atoms with Gasteiger partial charge >= 0.3 is 5.97 Å². The third-order valence-corrected chi connectivity index (χ3v) is 2.89. The summed E-state index contributed by atoms with van der Waals surface area (Å²) in [7, 11) is 0. The van der Waals surface area contributed by atoms with Crippen LogP contribution in [0.4, 0.5) is 0 Å². The molecule has 0 aliphatic carbocycles. The number of esters is 1. The van der Waals surface area contributed by atoms with Crippen molar-refractivity contribution in [2.75, 3.05) is 0 Å². The normalized spacial score (nSPS) is 10.0. The number of carbonyl (C=O) groups excluding carboxylic acids is 2. The second-order valence-corrected chi connectivity index (χ2v) is 4.44. The lowest BCUT2D eigenvalue weighted by molar-refractivity contribution is -0.144. The molecule has 0 aliphatic heterocycles. The SMILES string of the molecule is O=C(CCC(=O)c1ccccc1)OCc1ccccc1. The smallest absolute Gasteiger partial charge is 0.306 e. The van der Waals surface area contributed by atoms with Gasteiger partial charge in [-0.2, -0.15) is 0 Å². The predicted octanol–water partition coefficient (Wildman–Crippen LogP) is 3.39. The fraction of sp³-hybridized carbons (Fsp3) is 0.176. The summed E-state index contributed by atoms with van der Waals surface area (Å²) >= 11 is 0. The maximum Gasteiger partial charge on any atom is 0.306 e. The van der Waals surface area contributed by atoms with E-state index in [1.807, 2.05) is 36.4 Å². The average Bonchev–Trinajstić information content (AvgIpc) is 2.52. The molecule has 0 saturated carbocycles. The van der Waals surface area contributed by atoms with E-state index < -0.39 is 0 Å². The monoisotopic (exact) mass is 268 g/mol. The number of carbonyl (C=O) groups is 2. The molecule has 102 valence electrons.